The second kappa shape index (κ2) is 5.03. The van der Waals surface area contributed by atoms with Crippen LogP contribution in [0.4, 0.5) is 5.69 Å². The number of ether oxygens (including phenoxy) is 1. The summed E-state index contributed by atoms with van der Waals surface area (Å²) in [5.41, 5.74) is -0.771. The minimum Gasteiger partial charge on any atom is -0.481 e. The second-order valence-corrected chi connectivity index (χ2v) is 7.30. The average molecular weight is 313 g/mol. The summed E-state index contributed by atoms with van der Waals surface area (Å²) in [6.45, 7) is 3.20. The third-order valence-corrected chi connectivity index (χ3v) is 4.77. The number of hydrogen-bond donors (Lipinski definition) is 2. The first-order valence-corrected chi connectivity index (χ1v) is 7.86. The van der Waals surface area contributed by atoms with Crippen molar-refractivity contribution in [2.45, 2.75) is 30.8 Å². The first-order chi connectivity index (χ1) is 9.62. The lowest BCUT2D eigenvalue weighted by atomic mass is 10.1. The Bertz CT molecular complexity index is 707. The molecule has 0 radical (unpaired) electrons. The van der Waals surface area contributed by atoms with E-state index >= 15 is 0 Å². The molecule has 7 nitrogen and oxygen atoms in total. The molecule has 1 aromatic rings. The third-order valence-electron chi connectivity index (χ3n) is 3.05. The summed E-state index contributed by atoms with van der Waals surface area (Å²) >= 11 is 0. The number of nitrogens with one attached hydrogen (secondary N) is 1. The number of carbonyl (C=O) groups excluding carboxylic acids is 1. The van der Waals surface area contributed by atoms with Gasteiger partial charge in [-0.15, -0.1) is 0 Å². The molecule has 1 aliphatic heterocycles. The van der Waals surface area contributed by atoms with Crippen LogP contribution in [0.3, 0.4) is 0 Å². The Kier molecular flexibility index (Phi) is 3.66. The van der Waals surface area contributed by atoms with Gasteiger partial charge < -0.3 is 15.2 Å². The van der Waals surface area contributed by atoms with Crippen LogP contribution >= 0.6 is 0 Å². The van der Waals surface area contributed by atoms with Gasteiger partial charge in [0.25, 0.3) is 5.91 Å². The molecule has 0 aromatic heterocycles. The van der Waals surface area contributed by atoms with Gasteiger partial charge in [0.05, 0.1) is 22.8 Å². The maximum atomic E-state index is 12.0. The monoisotopic (exact) mass is 313 g/mol. The summed E-state index contributed by atoms with van der Waals surface area (Å²) in [6.07, 6.45) is -0.477. The number of sulfone groups is 1. The number of fused-ring (bicyclic) bond motifs is 1. The van der Waals surface area contributed by atoms with Crippen molar-refractivity contribution in [3.63, 3.8) is 0 Å². The number of rotatable bonds is 4. The molecule has 0 saturated heterocycles. The van der Waals surface area contributed by atoms with Gasteiger partial charge in [0.15, 0.2) is 15.4 Å². The molecule has 8 heteroatoms. The summed E-state index contributed by atoms with van der Waals surface area (Å²) in [4.78, 5) is 22.2. The molecule has 2 N–H and O–H groups in total. The first kappa shape index (κ1) is 15.3. The molecule has 114 valence electrons. The molecule has 2 rings (SSSR count). The minimum atomic E-state index is -3.72. The number of anilines is 1. The summed E-state index contributed by atoms with van der Waals surface area (Å²) in [5, 5.41) is 11.1. The molecule has 0 bridgehead atoms. The summed E-state index contributed by atoms with van der Waals surface area (Å²) in [6, 6.07) is 4.06. The van der Waals surface area contributed by atoms with Crippen LogP contribution in [0.1, 0.15) is 20.3 Å². The van der Waals surface area contributed by atoms with Crippen LogP contribution in [0.15, 0.2) is 23.1 Å². The molecule has 21 heavy (non-hydrogen) atoms. The molecular weight excluding hydrogens is 298 g/mol. The van der Waals surface area contributed by atoms with Crippen LogP contribution in [0, 0.1) is 0 Å². The van der Waals surface area contributed by atoms with E-state index in [0.717, 1.165) is 0 Å². The van der Waals surface area contributed by atoms with Crippen molar-refractivity contribution in [3.8, 4) is 5.75 Å². The molecular formula is C13H15NO6S. The number of aliphatic carboxylic acids is 1. The Labute approximate surface area is 121 Å². The zero-order valence-electron chi connectivity index (χ0n) is 11.5. The second-order valence-electron chi connectivity index (χ2n) is 5.19. The smallest absolute Gasteiger partial charge is 0.304 e. The van der Waals surface area contributed by atoms with Crippen LogP contribution < -0.4 is 10.1 Å². The van der Waals surface area contributed by atoms with E-state index in [1.54, 1.807) is 13.8 Å². The highest BCUT2D eigenvalue weighted by Gasteiger charge is 2.35. The van der Waals surface area contributed by atoms with Crippen LogP contribution in [0.25, 0.3) is 0 Å². The molecule has 0 atom stereocenters. The lowest BCUT2D eigenvalue weighted by molar-refractivity contribution is -0.136. The Morgan fingerprint density at radius 2 is 2.05 bits per heavy atom. The van der Waals surface area contributed by atoms with E-state index in [0.29, 0.717) is 5.75 Å². The molecule has 0 aliphatic carbocycles. The van der Waals surface area contributed by atoms with Crippen molar-refractivity contribution < 1.29 is 27.9 Å². The standard InChI is InChI=1S/C13H15NO6S/c1-13(2)12(17)14-9-7-8(3-4-10(9)20-13)21(18,19)6-5-11(15)16/h3-4,7H,5-6H2,1-2H3,(H,14,17)(H,15,16). The highest BCUT2D eigenvalue weighted by molar-refractivity contribution is 7.91. The van der Waals surface area contributed by atoms with E-state index in [1.807, 2.05) is 0 Å². The van der Waals surface area contributed by atoms with Crippen LogP contribution in [-0.4, -0.2) is 36.8 Å². The quantitative estimate of drug-likeness (QED) is 0.859. The largest absolute Gasteiger partial charge is 0.481 e. The molecule has 0 unspecified atom stereocenters. The lowest BCUT2D eigenvalue weighted by Gasteiger charge is -2.31. The van der Waals surface area contributed by atoms with Crippen molar-refractivity contribution in [3.05, 3.63) is 18.2 Å². The van der Waals surface area contributed by atoms with Gasteiger partial charge in [-0.2, -0.15) is 0 Å². The zero-order chi connectivity index (χ0) is 15.8. The van der Waals surface area contributed by atoms with Crippen LogP contribution in [0.2, 0.25) is 0 Å². The highest BCUT2D eigenvalue weighted by atomic mass is 32.2. The van der Waals surface area contributed by atoms with E-state index in [-0.39, 0.29) is 16.5 Å². The van der Waals surface area contributed by atoms with E-state index in [1.165, 1.54) is 18.2 Å². The van der Waals surface area contributed by atoms with Crippen molar-refractivity contribution >= 4 is 27.4 Å². The van der Waals surface area contributed by atoms with Crippen LogP contribution in [-0.2, 0) is 19.4 Å². The Balaban J connectivity index is 2.32. The number of carbonyl (C=O) groups is 2. The maximum absolute atomic E-state index is 12.0. The van der Waals surface area contributed by atoms with Gasteiger partial charge >= 0.3 is 5.97 Å². The van der Waals surface area contributed by atoms with Gasteiger partial charge in [-0.3, -0.25) is 9.59 Å². The number of carboxylic acids is 1. The molecule has 0 spiro atoms. The predicted molar refractivity (Wildman–Crippen MR) is 74.1 cm³/mol. The Hall–Kier alpha value is -2.09. The minimum absolute atomic E-state index is 0.0499. The Morgan fingerprint density at radius 3 is 2.67 bits per heavy atom. The molecule has 1 aliphatic rings. The van der Waals surface area contributed by atoms with Crippen molar-refractivity contribution in [2.24, 2.45) is 0 Å². The molecule has 1 heterocycles. The number of carboxylic acid groups (broad SMARTS) is 1. The molecule has 1 aromatic carbocycles. The van der Waals surface area contributed by atoms with Crippen molar-refractivity contribution in [1.82, 2.24) is 0 Å². The maximum Gasteiger partial charge on any atom is 0.304 e. The fourth-order valence-electron chi connectivity index (χ4n) is 1.82. The predicted octanol–water partition coefficient (Wildman–Crippen LogP) is 1.04. The fourth-order valence-corrected chi connectivity index (χ4v) is 3.07. The summed E-state index contributed by atoms with van der Waals surface area (Å²) in [7, 11) is -3.72. The summed E-state index contributed by atoms with van der Waals surface area (Å²) < 4.78 is 29.5. The van der Waals surface area contributed by atoms with Crippen LogP contribution in [0.5, 0.6) is 5.75 Å². The Morgan fingerprint density at radius 1 is 1.38 bits per heavy atom. The van der Waals surface area contributed by atoms with Crippen molar-refractivity contribution in [1.29, 1.82) is 0 Å². The van der Waals surface area contributed by atoms with Gasteiger partial charge in [0.1, 0.15) is 5.75 Å². The van der Waals surface area contributed by atoms with Crippen molar-refractivity contribution in [2.75, 3.05) is 11.1 Å². The zero-order valence-corrected chi connectivity index (χ0v) is 12.4. The van der Waals surface area contributed by atoms with Gasteiger partial charge in [-0.1, -0.05) is 0 Å². The number of amides is 1. The molecule has 1 amide bonds. The van der Waals surface area contributed by atoms with E-state index in [9.17, 15) is 18.0 Å². The number of benzene rings is 1. The topological polar surface area (TPSA) is 110 Å². The third kappa shape index (κ3) is 3.15. The molecule has 0 fully saturated rings. The van der Waals surface area contributed by atoms with Gasteiger partial charge in [0, 0.05) is 0 Å². The highest BCUT2D eigenvalue weighted by Crippen LogP contribution is 2.35. The first-order valence-electron chi connectivity index (χ1n) is 6.21. The van der Waals surface area contributed by atoms with E-state index < -0.39 is 33.6 Å². The van der Waals surface area contributed by atoms with Gasteiger partial charge in [-0.25, -0.2) is 8.42 Å². The number of hydrogen-bond acceptors (Lipinski definition) is 5. The fraction of sp³-hybridized carbons (Fsp3) is 0.385. The summed E-state index contributed by atoms with van der Waals surface area (Å²) in [5.74, 6) is -1.69. The van der Waals surface area contributed by atoms with E-state index in [4.69, 9.17) is 9.84 Å². The molecule has 0 saturated carbocycles. The normalized spacial score (nSPS) is 16.6. The average Bonchev–Trinajstić information content (AvgIpc) is 2.37. The lowest BCUT2D eigenvalue weighted by Crippen LogP contribution is -2.45. The SMILES string of the molecule is CC1(C)Oc2ccc(S(=O)(=O)CCC(=O)O)cc2NC1=O. The van der Waals surface area contributed by atoms with E-state index in [2.05, 4.69) is 5.32 Å². The van der Waals surface area contributed by atoms with Gasteiger partial charge in [-0.05, 0) is 32.0 Å². The van der Waals surface area contributed by atoms with Gasteiger partial charge in [0.2, 0.25) is 0 Å².